The molecule has 0 saturated heterocycles. The predicted octanol–water partition coefficient (Wildman–Crippen LogP) is 4.35. The van der Waals surface area contributed by atoms with E-state index >= 15 is 0 Å². The van der Waals surface area contributed by atoms with Crippen molar-refractivity contribution in [1.82, 2.24) is 4.98 Å². The zero-order valence-electron chi connectivity index (χ0n) is 20.0. The van der Waals surface area contributed by atoms with Crippen molar-refractivity contribution in [3.63, 3.8) is 0 Å². The molecule has 1 aliphatic rings. The maximum absolute atomic E-state index is 13.7. The van der Waals surface area contributed by atoms with Crippen molar-refractivity contribution in [2.75, 3.05) is 22.6 Å². The summed E-state index contributed by atoms with van der Waals surface area (Å²) in [7, 11) is -3.32. The van der Waals surface area contributed by atoms with Gasteiger partial charge in [0.25, 0.3) is 5.91 Å². The summed E-state index contributed by atoms with van der Waals surface area (Å²) in [5.41, 5.74) is 3.87. The number of aromatic amines is 1. The van der Waals surface area contributed by atoms with Crippen LogP contribution in [0.2, 0.25) is 0 Å². The zero-order chi connectivity index (χ0) is 25.8. The first kappa shape index (κ1) is 23.6. The average molecular weight is 504 g/mol. The molecule has 4 aromatic rings. The fourth-order valence-electron chi connectivity index (χ4n) is 4.75. The maximum atomic E-state index is 13.7. The highest BCUT2D eigenvalue weighted by Gasteiger charge is 2.34. The quantitative estimate of drug-likeness (QED) is 0.432. The molecular formula is C27H25N3O5S. The lowest BCUT2D eigenvalue weighted by Gasteiger charge is -2.40. The molecule has 1 aromatic heterocycles. The number of nitrogens with zero attached hydrogens (tertiary/aromatic N) is 2. The molecule has 0 unspecified atom stereocenters. The summed E-state index contributed by atoms with van der Waals surface area (Å²) >= 11 is 0. The van der Waals surface area contributed by atoms with Crippen LogP contribution in [0.5, 0.6) is 5.75 Å². The van der Waals surface area contributed by atoms with Crippen molar-refractivity contribution in [2.24, 2.45) is 0 Å². The van der Waals surface area contributed by atoms with E-state index in [1.54, 1.807) is 58.3 Å². The topological polar surface area (TPSA) is 111 Å². The highest BCUT2D eigenvalue weighted by molar-refractivity contribution is 7.90. The Kier molecular flexibility index (Phi) is 5.60. The summed E-state index contributed by atoms with van der Waals surface area (Å²) in [6, 6.07) is 18.4. The molecule has 8 nitrogen and oxygen atoms in total. The third-order valence-electron chi connectivity index (χ3n) is 6.45. The molecule has 0 aliphatic carbocycles. The zero-order valence-corrected chi connectivity index (χ0v) is 20.8. The minimum Gasteiger partial charge on any atom is -0.508 e. The lowest BCUT2D eigenvalue weighted by atomic mass is 10.0. The van der Waals surface area contributed by atoms with Crippen LogP contribution in [0.15, 0.2) is 71.6 Å². The van der Waals surface area contributed by atoms with E-state index in [2.05, 4.69) is 4.98 Å². The molecule has 184 valence electrons. The highest BCUT2D eigenvalue weighted by Crippen LogP contribution is 2.40. The predicted molar refractivity (Wildman–Crippen MR) is 139 cm³/mol. The number of sulfone groups is 1. The van der Waals surface area contributed by atoms with Crippen LogP contribution >= 0.6 is 0 Å². The minimum atomic E-state index is -3.32. The Labute approximate surface area is 208 Å². The number of amides is 2. The number of aromatic hydroxyl groups is 1. The number of phenols is 1. The van der Waals surface area contributed by atoms with E-state index in [1.165, 1.54) is 6.92 Å². The van der Waals surface area contributed by atoms with Crippen LogP contribution in [-0.4, -0.2) is 49.2 Å². The normalized spacial score (nSPS) is 15.7. The fourth-order valence-corrected chi connectivity index (χ4v) is 5.38. The molecule has 0 spiro atoms. The first-order valence-electron chi connectivity index (χ1n) is 11.4. The van der Waals surface area contributed by atoms with Gasteiger partial charge in [0.2, 0.25) is 5.91 Å². The largest absolute Gasteiger partial charge is 0.508 e. The number of hydrogen-bond acceptors (Lipinski definition) is 5. The average Bonchev–Trinajstić information content (AvgIpc) is 3.25. The van der Waals surface area contributed by atoms with Crippen molar-refractivity contribution in [1.29, 1.82) is 0 Å². The van der Waals surface area contributed by atoms with Crippen molar-refractivity contribution < 1.29 is 23.1 Å². The van der Waals surface area contributed by atoms with Crippen LogP contribution in [0.3, 0.4) is 0 Å². The number of hydrogen-bond donors (Lipinski definition) is 2. The van der Waals surface area contributed by atoms with Crippen molar-refractivity contribution in [3.05, 3.63) is 72.4 Å². The van der Waals surface area contributed by atoms with Crippen LogP contribution in [0.25, 0.3) is 22.0 Å². The second-order valence-electron chi connectivity index (χ2n) is 9.11. The summed E-state index contributed by atoms with van der Waals surface area (Å²) in [5, 5.41) is 10.5. The van der Waals surface area contributed by atoms with E-state index in [-0.39, 0.29) is 28.5 Å². The number of fused-ring (bicyclic) bond motifs is 2. The summed E-state index contributed by atoms with van der Waals surface area (Å²) in [5.74, 6) is -0.269. The number of carbonyl (C=O) groups is 2. The Morgan fingerprint density at radius 1 is 0.944 bits per heavy atom. The van der Waals surface area contributed by atoms with Gasteiger partial charge in [-0.3, -0.25) is 9.59 Å². The van der Waals surface area contributed by atoms with E-state index in [0.29, 0.717) is 29.0 Å². The number of phenolic OH excluding ortho intramolecular Hbond substituents is 1. The van der Waals surface area contributed by atoms with Gasteiger partial charge in [-0.1, -0.05) is 18.2 Å². The molecule has 2 heterocycles. The molecule has 36 heavy (non-hydrogen) atoms. The van der Waals surface area contributed by atoms with Crippen LogP contribution in [0.1, 0.15) is 24.3 Å². The molecule has 5 rings (SSSR count). The lowest BCUT2D eigenvalue weighted by molar-refractivity contribution is -0.117. The number of benzene rings is 3. The van der Waals surface area contributed by atoms with Gasteiger partial charge in [-0.15, -0.1) is 0 Å². The van der Waals surface area contributed by atoms with Gasteiger partial charge in [-0.25, -0.2) is 8.42 Å². The third-order valence-corrected chi connectivity index (χ3v) is 7.58. The van der Waals surface area contributed by atoms with E-state index in [9.17, 15) is 23.1 Å². The summed E-state index contributed by atoms with van der Waals surface area (Å²) in [6.07, 6.45) is 1.16. The van der Waals surface area contributed by atoms with Crippen molar-refractivity contribution in [2.45, 2.75) is 24.8 Å². The molecule has 0 radical (unpaired) electrons. The number of anilines is 2. The molecule has 1 aliphatic heterocycles. The van der Waals surface area contributed by atoms with Crippen LogP contribution in [0.4, 0.5) is 11.4 Å². The Balaban J connectivity index is 1.60. The van der Waals surface area contributed by atoms with Crippen LogP contribution in [-0.2, 0) is 14.6 Å². The van der Waals surface area contributed by atoms with Gasteiger partial charge in [0.15, 0.2) is 9.84 Å². The number of carbonyl (C=O) groups excluding carboxylic acids is 2. The molecule has 2 N–H and O–H groups in total. The molecule has 0 fully saturated rings. The minimum absolute atomic E-state index is 0.112. The molecule has 0 bridgehead atoms. The Morgan fingerprint density at radius 2 is 1.64 bits per heavy atom. The van der Waals surface area contributed by atoms with Gasteiger partial charge in [0.05, 0.1) is 22.3 Å². The SMILES string of the molecule is CC(=O)N1c2ccc(-c3ccc(S(C)(=O)=O)cc3)cc2N(C(=O)c2cc3cc(O)ccc3[nH]2)C[C@@H]1C. The second-order valence-corrected chi connectivity index (χ2v) is 11.1. The molecule has 3 aromatic carbocycles. The van der Waals surface area contributed by atoms with E-state index < -0.39 is 9.84 Å². The second kappa shape index (κ2) is 8.53. The molecule has 9 heteroatoms. The molecule has 0 saturated carbocycles. The number of nitrogens with one attached hydrogen (secondary N) is 1. The standard InChI is InChI=1S/C27H25N3O5S/c1-16-15-29(27(33)24-13-20-12-21(32)7-10-23(20)28-24)26-14-19(6-11-25(26)30(16)17(2)31)18-4-8-22(9-5-18)36(3,34)35/h4-14,16,28,32H,15H2,1-3H3/t16-/m0/s1. The Bertz CT molecular complexity index is 1620. The summed E-state index contributed by atoms with van der Waals surface area (Å²) in [4.78, 5) is 32.9. The smallest absolute Gasteiger partial charge is 0.274 e. The number of H-pyrrole nitrogens is 1. The van der Waals surface area contributed by atoms with Crippen LogP contribution < -0.4 is 9.80 Å². The van der Waals surface area contributed by atoms with E-state index in [1.807, 2.05) is 25.1 Å². The van der Waals surface area contributed by atoms with Crippen LogP contribution in [0, 0.1) is 0 Å². The fraction of sp³-hybridized carbons (Fsp3) is 0.185. The first-order valence-corrected chi connectivity index (χ1v) is 13.3. The van der Waals surface area contributed by atoms with Crippen molar-refractivity contribution >= 4 is 43.9 Å². The van der Waals surface area contributed by atoms with E-state index in [4.69, 9.17) is 0 Å². The molecule has 1 atom stereocenters. The van der Waals surface area contributed by atoms with Gasteiger partial charge in [0, 0.05) is 30.6 Å². The Morgan fingerprint density at radius 3 is 2.31 bits per heavy atom. The monoisotopic (exact) mass is 503 g/mol. The molecular weight excluding hydrogens is 478 g/mol. The highest BCUT2D eigenvalue weighted by atomic mass is 32.2. The van der Waals surface area contributed by atoms with Crippen molar-refractivity contribution in [3.8, 4) is 16.9 Å². The Hall–Kier alpha value is -4.11. The van der Waals surface area contributed by atoms with E-state index in [0.717, 1.165) is 22.9 Å². The van der Waals surface area contributed by atoms with Gasteiger partial charge in [-0.05, 0) is 66.6 Å². The summed E-state index contributed by atoms with van der Waals surface area (Å²) < 4.78 is 23.7. The first-order chi connectivity index (χ1) is 17.0. The van der Waals surface area contributed by atoms with Gasteiger partial charge >= 0.3 is 0 Å². The molecule has 2 amide bonds. The van der Waals surface area contributed by atoms with Gasteiger partial charge in [0.1, 0.15) is 11.4 Å². The lowest BCUT2D eigenvalue weighted by Crippen LogP contribution is -2.51. The van der Waals surface area contributed by atoms with Gasteiger partial charge in [-0.2, -0.15) is 0 Å². The number of rotatable bonds is 3. The maximum Gasteiger partial charge on any atom is 0.274 e. The van der Waals surface area contributed by atoms with Gasteiger partial charge < -0.3 is 19.9 Å². The third kappa shape index (κ3) is 4.11. The summed E-state index contributed by atoms with van der Waals surface area (Å²) in [6.45, 7) is 3.69. The number of aromatic nitrogens is 1.